The Morgan fingerprint density at radius 1 is 0.933 bits per heavy atom. The van der Waals surface area contributed by atoms with Gasteiger partial charge in [0.05, 0.1) is 10.0 Å². The normalized spacial score (nSPS) is 10.5. The van der Waals surface area contributed by atoms with Gasteiger partial charge in [0.1, 0.15) is 5.02 Å². The molecule has 0 atom stereocenters. The van der Waals surface area contributed by atoms with Gasteiger partial charge in [0, 0.05) is 13.1 Å². The summed E-state index contributed by atoms with van der Waals surface area (Å²) >= 11 is 23.6. The molecule has 1 aromatic heterocycles. The lowest BCUT2D eigenvalue weighted by molar-refractivity contribution is 0.846. The van der Waals surface area contributed by atoms with Crippen molar-refractivity contribution < 1.29 is 0 Å². The van der Waals surface area contributed by atoms with E-state index in [0.717, 1.165) is 13.1 Å². The lowest BCUT2D eigenvalue weighted by Crippen LogP contribution is -2.23. The van der Waals surface area contributed by atoms with Crippen molar-refractivity contribution in [1.82, 2.24) is 4.98 Å². The van der Waals surface area contributed by atoms with Gasteiger partial charge in [-0.15, -0.1) is 0 Å². The zero-order valence-electron chi connectivity index (χ0n) is 8.32. The largest absolute Gasteiger partial charge is 0.356 e. The van der Waals surface area contributed by atoms with E-state index in [1.807, 2.05) is 18.7 Å². The number of aromatic nitrogens is 1. The van der Waals surface area contributed by atoms with E-state index in [0.29, 0.717) is 10.8 Å². The average Bonchev–Trinajstić information content (AvgIpc) is 2.24. The molecular formula is C9H10Cl4N2. The van der Waals surface area contributed by atoms with E-state index in [1.165, 1.54) is 0 Å². The lowest BCUT2D eigenvalue weighted by atomic mass is 10.4. The molecule has 0 radical (unpaired) electrons. The fourth-order valence-electron chi connectivity index (χ4n) is 1.21. The van der Waals surface area contributed by atoms with Crippen molar-refractivity contribution in [2.45, 2.75) is 13.8 Å². The number of hydrogen-bond acceptors (Lipinski definition) is 2. The van der Waals surface area contributed by atoms with Crippen LogP contribution in [-0.2, 0) is 0 Å². The van der Waals surface area contributed by atoms with Gasteiger partial charge in [-0.3, -0.25) is 0 Å². The summed E-state index contributed by atoms with van der Waals surface area (Å²) in [7, 11) is 0. The third-order valence-electron chi connectivity index (χ3n) is 2.03. The molecule has 0 fully saturated rings. The Bertz CT molecular complexity index is 364. The Morgan fingerprint density at radius 2 is 1.47 bits per heavy atom. The van der Waals surface area contributed by atoms with Gasteiger partial charge in [-0.05, 0) is 13.8 Å². The summed E-state index contributed by atoms with van der Waals surface area (Å²) < 4.78 is 0. The molecule has 0 spiro atoms. The van der Waals surface area contributed by atoms with Gasteiger partial charge in [0.15, 0.2) is 11.0 Å². The van der Waals surface area contributed by atoms with Crippen LogP contribution in [-0.4, -0.2) is 18.1 Å². The number of hydrogen-bond donors (Lipinski definition) is 0. The molecule has 6 heteroatoms. The molecular weight excluding hydrogens is 278 g/mol. The van der Waals surface area contributed by atoms with Crippen LogP contribution in [0, 0.1) is 0 Å². The van der Waals surface area contributed by atoms with Crippen molar-refractivity contribution in [1.29, 1.82) is 0 Å². The maximum absolute atomic E-state index is 6.04. The molecule has 0 unspecified atom stereocenters. The number of pyridine rings is 1. The zero-order valence-corrected chi connectivity index (χ0v) is 11.3. The molecule has 1 heterocycles. The molecule has 1 aromatic rings. The quantitative estimate of drug-likeness (QED) is 0.759. The Hall–Kier alpha value is 0.110. The van der Waals surface area contributed by atoms with Gasteiger partial charge in [0.25, 0.3) is 0 Å². The van der Waals surface area contributed by atoms with Gasteiger partial charge in [0.2, 0.25) is 0 Å². The topological polar surface area (TPSA) is 16.1 Å². The summed E-state index contributed by atoms with van der Waals surface area (Å²) in [5.41, 5.74) is 0. The predicted octanol–water partition coefficient (Wildman–Crippen LogP) is 4.54. The fourth-order valence-corrected chi connectivity index (χ4v) is 2.05. The minimum absolute atomic E-state index is 0.174. The highest BCUT2D eigenvalue weighted by Crippen LogP contribution is 2.39. The minimum atomic E-state index is 0.174. The third-order valence-corrected chi connectivity index (χ3v) is 3.70. The first kappa shape index (κ1) is 13.2. The van der Waals surface area contributed by atoms with Crippen molar-refractivity contribution >= 4 is 52.2 Å². The summed E-state index contributed by atoms with van der Waals surface area (Å²) in [6, 6.07) is 0. The van der Waals surface area contributed by atoms with Crippen LogP contribution in [0.2, 0.25) is 20.2 Å². The summed E-state index contributed by atoms with van der Waals surface area (Å²) in [5.74, 6) is 0.570. The van der Waals surface area contributed by atoms with E-state index < -0.39 is 0 Å². The fraction of sp³-hybridized carbons (Fsp3) is 0.444. The van der Waals surface area contributed by atoms with Gasteiger partial charge in [-0.25, -0.2) is 4.98 Å². The van der Waals surface area contributed by atoms with Crippen LogP contribution >= 0.6 is 46.4 Å². The van der Waals surface area contributed by atoms with Crippen LogP contribution in [0.25, 0.3) is 0 Å². The highest BCUT2D eigenvalue weighted by atomic mass is 35.5. The smallest absolute Gasteiger partial charge is 0.151 e. The molecule has 2 nitrogen and oxygen atoms in total. The van der Waals surface area contributed by atoms with Crippen LogP contribution in [0.3, 0.4) is 0 Å². The number of anilines is 1. The number of rotatable bonds is 3. The van der Waals surface area contributed by atoms with Gasteiger partial charge >= 0.3 is 0 Å². The first-order valence-electron chi connectivity index (χ1n) is 4.47. The molecule has 84 valence electrons. The second kappa shape index (κ2) is 5.44. The summed E-state index contributed by atoms with van der Waals surface area (Å²) in [6.07, 6.45) is 0. The standard InChI is InChI=1S/C9H10Cl4N2/c1-3-15(4-2)9-7(12)5(10)6(11)8(13)14-9/h3-4H2,1-2H3. The molecule has 0 N–H and O–H groups in total. The van der Waals surface area contributed by atoms with Crippen LogP contribution in [0.1, 0.15) is 13.8 Å². The molecule has 15 heavy (non-hydrogen) atoms. The highest BCUT2D eigenvalue weighted by molar-refractivity contribution is 6.52. The molecule has 0 aliphatic heterocycles. The maximum Gasteiger partial charge on any atom is 0.151 e. The van der Waals surface area contributed by atoms with Crippen LogP contribution in [0.5, 0.6) is 0 Å². The molecule has 0 saturated heterocycles. The second-order valence-electron chi connectivity index (χ2n) is 2.84. The SMILES string of the molecule is CCN(CC)c1nc(Cl)c(Cl)c(Cl)c1Cl. The third kappa shape index (κ3) is 2.62. The van der Waals surface area contributed by atoms with E-state index in [-0.39, 0.29) is 15.2 Å². The maximum atomic E-state index is 6.04. The van der Waals surface area contributed by atoms with Gasteiger partial charge in [-0.2, -0.15) is 0 Å². The molecule has 1 rings (SSSR count). The summed E-state index contributed by atoms with van der Waals surface area (Å²) in [6.45, 7) is 5.55. The lowest BCUT2D eigenvalue weighted by Gasteiger charge is -2.21. The predicted molar refractivity (Wildman–Crippen MR) is 67.8 cm³/mol. The highest BCUT2D eigenvalue weighted by Gasteiger charge is 2.17. The van der Waals surface area contributed by atoms with Crippen LogP contribution < -0.4 is 4.90 Å². The van der Waals surface area contributed by atoms with Crippen molar-refractivity contribution in [3.8, 4) is 0 Å². The van der Waals surface area contributed by atoms with Crippen molar-refractivity contribution in [3.05, 3.63) is 20.2 Å². The van der Waals surface area contributed by atoms with Crippen molar-refractivity contribution in [3.63, 3.8) is 0 Å². The van der Waals surface area contributed by atoms with Crippen LogP contribution in [0.15, 0.2) is 0 Å². The van der Waals surface area contributed by atoms with E-state index in [1.54, 1.807) is 0 Å². The Morgan fingerprint density at radius 3 is 1.93 bits per heavy atom. The minimum Gasteiger partial charge on any atom is -0.356 e. The van der Waals surface area contributed by atoms with Gasteiger partial charge in [-0.1, -0.05) is 46.4 Å². The summed E-state index contributed by atoms with van der Waals surface area (Å²) in [4.78, 5) is 6.07. The summed E-state index contributed by atoms with van der Waals surface area (Å²) in [5, 5.41) is 0.960. The molecule has 0 aromatic carbocycles. The first-order valence-corrected chi connectivity index (χ1v) is 5.99. The Labute approximate surface area is 109 Å². The van der Waals surface area contributed by atoms with E-state index in [9.17, 15) is 0 Å². The Balaban J connectivity index is 3.31. The molecule has 0 saturated carbocycles. The monoisotopic (exact) mass is 286 g/mol. The molecule has 0 aliphatic carbocycles. The Kier molecular flexibility index (Phi) is 4.78. The average molecular weight is 288 g/mol. The van der Waals surface area contributed by atoms with E-state index in [4.69, 9.17) is 46.4 Å². The van der Waals surface area contributed by atoms with E-state index >= 15 is 0 Å². The van der Waals surface area contributed by atoms with Crippen LogP contribution in [0.4, 0.5) is 5.82 Å². The zero-order chi connectivity index (χ0) is 11.6. The van der Waals surface area contributed by atoms with Gasteiger partial charge < -0.3 is 4.90 Å². The molecule has 0 aliphatic rings. The number of nitrogens with zero attached hydrogens (tertiary/aromatic N) is 2. The van der Waals surface area contributed by atoms with E-state index in [2.05, 4.69) is 4.98 Å². The van der Waals surface area contributed by atoms with Crippen molar-refractivity contribution in [2.24, 2.45) is 0 Å². The first-order chi connectivity index (χ1) is 7.02. The second-order valence-corrected chi connectivity index (χ2v) is 4.33. The number of halogens is 4. The molecule has 0 bridgehead atoms. The molecule has 0 amide bonds. The van der Waals surface area contributed by atoms with Crippen molar-refractivity contribution in [2.75, 3.05) is 18.0 Å².